The first-order chi connectivity index (χ1) is 19.1. The number of likely N-dealkylation sites (N-methyl/N-ethyl adjacent to an activating group) is 1. The van der Waals surface area contributed by atoms with Gasteiger partial charge in [-0.1, -0.05) is 0 Å². The van der Waals surface area contributed by atoms with Gasteiger partial charge in [-0.3, -0.25) is 39.0 Å². The van der Waals surface area contributed by atoms with Gasteiger partial charge in [-0.25, -0.2) is 4.79 Å². The third-order valence-corrected chi connectivity index (χ3v) is 8.38. The zero-order valence-corrected chi connectivity index (χ0v) is 23.4. The highest BCUT2D eigenvalue weighted by Gasteiger charge is 2.69. The van der Waals surface area contributed by atoms with Crippen LogP contribution >= 0.6 is 11.6 Å². The number of carbonyl (C=O) groups is 7. The summed E-state index contributed by atoms with van der Waals surface area (Å²) in [5, 5.41) is 27.0. The molecule has 220 valence electrons. The fraction of sp³-hybridized carbons (Fsp3) is 0.500. The van der Waals surface area contributed by atoms with Gasteiger partial charge in [0.2, 0.25) is 11.8 Å². The van der Waals surface area contributed by atoms with E-state index < -0.39 is 87.9 Å². The molecule has 1 aromatic carbocycles. The van der Waals surface area contributed by atoms with E-state index in [0.29, 0.717) is 11.3 Å². The number of aromatic hydroxyl groups is 1. The van der Waals surface area contributed by atoms with E-state index in [4.69, 9.17) is 17.3 Å². The average molecular weight is 592 g/mol. The Kier molecular flexibility index (Phi) is 7.71. The third kappa shape index (κ3) is 4.55. The molecule has 6 atom stereocenters. The van der Waals surface area contributed by atoms with Gasteiger partial charge in [0.15, 0.2) is 34.7 Å². The highest BCUT2D eigenvalue weighted by Crippen LogP contribution is 2.52. The number of carbonyl (C=O) groups excluding carboxylic acids is 7. The summed E-state index contributed by atoms with van der Waals surface area (Å²) in [6, 6.07) is -0.854. The van der Waals surface area contributed by atoms with E-state index in [9.17, 15) is 43.8 Å². The second kappa shape index (κ2) is 10.5. The lowest BCUT2D eigenvalue weighted by Crippen LogP contribution is -2.74. The van der Waals surface area contributed by atoms with Crippen molar-refractivity contribution in [3.8, 4) is 5.75 Å². The molecule has 0 aliphatic heterocycles. The number of fused-ring (bicyclic) bond motifs is 3. The SMILES string of the molecule is CN(C)c1cc(NC(=O)NC(=O)CCl)c(O)c2c1C[C@@H]1C[C@@H]3[C@@H](N(C)C)C(=O)C(C(N)=O)C(=O)[C@]3(O)C(=O)C1C2=O. The molecule has 6 N–H and O–H groups in total. The molecule has 3 aliphatic carbocycles. The van der Waals surface area contributed by atoms with E-state index in [1.54, 1.807) is 19.0 Å². The number of benzene rings is 1. The van der Waals surface area contributed by atoms with Crippen LogP contribution in [0.25, 0.3) is 0 Å². The van der Waals surface area contributed by atoms with Gasteiger partial charge in [-0.05, 0) is 44.5 Å². The van der Waals surface area contributed by atoms with E-state index in [2.05, 4.69) is 5.32 Å². The number of imide groups is 1. The minimum atomic E-state index is -2.85. The number of aliphatic hydroxyl groups is 1. The number of ketones is 4. The van der Waals surface area contributed by atoms with Crippen LogP contribution in [0.1, 0.15) is 22.3 Å². The number of alkyl halides is 1. The summed E-state index contributed by atoms with van der Waals surface area (Å²) >= 11 is 5.40. The first-order valence-electron chi connectivity index (χ1n) is 12.6. The normalized spacial score (nSPS) is 28.9. The molecule has 1 aromatic rings. The highest BCUT2D eigenvalue weighted by atomic mass is 35.5. The molecule has 15 heteroatoms. The Morgan fingerprint density at radius 2 is 1.76 bits per heavy atom. The zero-order chi connectivity index (χ0) is 30.7. The summed E-state index contributed by atoms with van der Waals surface area (Å²) in [5.74, 6) is -13.3. The lowest BCUT2D eigenvalue weighted by molar-refractivity contribution is -0.181. The Bertz CT molecular complexity index is 1410. The van der Waals surface area contributed by atoms with E-state index in [1.165, 1.54) is 25.1 Å². The van der Waals surface area contributed by atoms with Gasteiger partial charge >= 0.3 is 6.03 Å². The molecule has 0 heterocycles. The van der Waals surface area contributed by atoms with Crippen molar-refractivity contribution in [3.63, 3.8) is 0 Å². The molecule has 0 bridgehead atoms. The minimum Gasteiger partial charge on any atom is -0.505 e. The number of anilines is 2. The summed E-state index contributed by atoms with van der Waals surface area (Å²) in [7, 11) is 6.31. The van der Waals surface area contributed by atoms with Crippen LogP contribution in [-0.4, -0.2) is 102 Å². The van der Waals surface area contributed by atoms with Crippen LogP contribution in [0, 0.1) is 23.7 Å². The summed E-state index contributed by atoms with van der Waals surface area (Å²) < 4.78 is 0. The number of phenols is 1. The molecule has 0 spiro atoms. The van der Waals surface area contributed by atoms with Gasteiger partial charge in [0.05, 0.1) is 23.2 Å². The lowest BCUT2D eigenvalue weighted by Gasteiger charge is -2.52. The molecule has 4 rings (SSSR count). The number of halogens is 1. The van der Waals surface area contributed by atoms with Crippen molar-refractivity contribution in [1.29, 1.82) is 0 Å². The first kappa shape index (κ1) is 30.1. The Morgan fingerprint density at radius 3 is 2.29 bits per heavy atom. The predicted molar refractivity (Wildman–Crippen MR) is 144 cm³/mol. The van der Waals surface area contributed by atoms with Crippen molar-refractivity contribution < 1.29 is 43.8 Å². The topological polar surface area (TPSA) is 217 Å². The summed E-state index contributed by atoms with van der Waals surface area (Å²) in [6.07, 6.45) is -0.0510. The molecule has 0 saturated heterocycles. The molecule has 4 amide bonds. The van der Waals surface area contributed by atoms with Crippen molar-refractivity contribution in [2.75, 3.05) is 44.3 Å². The van der Waals surface area contributed by atoms with Crippen LogP contribution in [0.5, 0.6) is 5.75 Å². The van der Waals surface area contributed by atoms with Crippen molar-refractivity contribution in [3.05, 3.63) is 17.2 Å². The van der Waals surface area contributed by atoms with E-state index in [0.717, 1.165) is 0 Å². The number of urea groups is 1. The molecule has 3 aliphatic rings. The monoisotopic (exact) mass is 591 g/mol. The number of phenolic OH excluding ortho intramolecular Hbond substituents is 1. The number of amides is 4. The van der Waals surface area contributed by atoms with Crippen LogP contribution < -0.4 is 21.3 Å². The molecule has 2 fully saturated rings. The average Bonchev–Trinajstić information content (AvgIpc) is 2.87. The van der Waals surface area contributed by atoms with Gasteiger partial charge in [-0.15, -0.1) is 11.6 Å². The number of Topliss-reactive ketones (excluding diaryl/α,β-unsaturated/α-hetero) is 4. The summed E-state index contributed by atoms with van der Waals surface area (Å²) in [6.45, 7) is 0. The second-order valence-corrected chi connectivity index (χ2v) is 11.2. The molecule has 2 saturated carbocycles. The molecular formula is C26H30ClN5O9. The largest absolute Gasteiger partial charge is 0.505 e. The minimum absolute atomic E-state index is 0.0458. The molecular weight excluding hydrogens is 562 g/mol. The molecule has 0 aromatic heterocycles. The van der Waals surface area contributed by atoms with Gasteiger partial charge in [-0.2, -0.15) is 0 Å². The van der Waals surface area contributed by atoms with Crippen molar-refractivity contribution in [1.82, 2.24) is 10.2 Å². The smallest absolute Gasteiger partial charge is 0.326 e. The van der Waals surface area contributed by atoms with Crippen LogP contribution in [-0.2, 0) is 30.4 Å². The standard InChI is InChI=1S/C26H30ClN5O9/c1-31(2)13-7-12(29-25(40)30-14(33)8-27)19(34)16-10(13)5-9-6-11-18(32(3)4)21(36)17(24(28)39)23(38)26(11,41)22(37)15(9)20(16)35/h7,9,11,15,17-18,34,41H,5-6,8H2,1-4H3,(H2,28,39)(H2,29,30,33,40)/t9-,11-,15?,17?,18-,26-/m1/s1. The number of rotatable bonds is 5. The van der Waals surface area contributed by atoms with Crippen molar-refractivity contribution in [2.24, 2.45) is 29.4 Å². The zero-order valence-electron chi connectivity index (χ0n) is 22.7. The van der Waals surface area contributed by atoms with Crippen molar-refractivity contribution in [2.45, 2.75) is 24.5 Å². The number of nitrogens with one attached hydrogen (secondary N) is 2. The summed E-state index contributed by atoms with van der Waals surface area (Å²) in [4.78, 5) is 93.3. The number of nitrogens with two attached hydrogens (primary N) is 1. The van der Waals surface area contributed by atoms with Gasteiger partial charge in [0.25, 0.3) is 0 Å². The predicted octanol–water partition coefficient (Wildman–Crippen LogP) is -1.18. The first-order valence-corrected chi connectivity index (χ1v) is 13.2. The van der Waals surface area contributed by atoms with Gasteiger partial charge in [0, 0.05) is 25.7 Å². The number of hydrogen-bond acceptors (Lipinski definition) is 11. The highest BCUT2D eigenvalue weighted by molar-refractivity contribution is 6.32. The Balaban J connectivity index is 1.84. The van der Waals surface area contributed by atoms with E-state index in [1.807, 2.05) is 5.32 Å². The Morgan fingerprint density at radius 1 is 1.12 bits per heavy atom. The maximum absolute atomic E-state index is 13.9. The number of hydrogen-bond donors (Lipinski definition) is 5. The van der Waals surface area contributed by atoms with Crippen LogP contribution in [0.4, 0.5) is 16.2 Å². The fourth-order valence-corrected chi connectivity index (χ4v) is 6.53. The quantitative estimate of drug-likeness (QED) is 0.156. The fourth-order valence-electron chi connectivity index (χ4n) is 6.46. The second-order valence-electron chi connectivity index (χ2n) is 11.0. The molecule has 2 unspecified atom stereocenters. The van der Waals surface area contributed by atoms with Crippen LogP contribution in [0.3, 0.4) is 0 Å². The van der Waals surface area contributed by atoms with Crippen molar-refractivity contribution >= 4 is 64.0 Å². The van der Waals surface area contributed by atoms with Crippen LogP contribution in [0.15, 0.2) is 6.07 Å². The van der Waals surface area contributed by atoms with Gasteiger partial charge < -0.3 is 26.2 Å². The molecule has 14 nitrogen and oxygen atoms in total. The van der Waals surface area contributed by atoms with E-state index in [-0.39, 0.29) is 24.1 Å². The lowest BCUT2D eigenvalue weighted by atomic mass is 9.52. The third-order valence-electron chi connectivity index (χ3n) is 8.14. The molecule has 41 heavy (non-hydrogen) atoms. The number of nitrogens with zero attached hydrogens (tertiary/aromatic N) is 2. The maximum atomic E-state index is 13.9. The Labute approximate surface area is 239 Å². The molecule has 0 radical (unpaired) electrons. The Hall–Kier alpha value is -3.88. The van der Waals surface area contributed by atoms with Gasteiger partial charge in [0.1, 0.15) is 11.6 Å². The van der Waals surface area contributed by atoms with Crippen LogP contribution in [0.2, 0.25) is 0 Å². The maximum Gasteiger partial charge on any atom is 0.326 e. The summed E-state index contributed by atoms with van der Waals surface area (Å²) in [5.41, 5.74) is 2.68. The van der Waals surface area contributed by atoms with E-state index >= 15 is 0 Å². The number of primary amides is 1.